The minimum absolute atomic E-state index is 0.316. The molecular formula is C21H15ClFN3S. The van der Waals surface area contributed by atoms with E-state index < -0.39 is 0 Å². The van der Waals surface area contributed by atoms with E-state index >= 15 is 0 Å². The molecule has 6 heteroatoms. The first-order valence-corrected chi connectivity index (χ1v) is 9.72. The number of thioether (sulfide) groups is 1. The van der Waals surface area contributed by atoms with Crippen LogP contribution >= 0.6 is 23.4 Å². The van der Waals surface area contributed by atoms with Crippen LogP contribution in [0.25, 0.3) is 17.1 Å². The third-order valence-corrected chi connectivity index (χ3v) is 5.26. The van der Waals surface area contributed by atoms with E-state index in [0.29, 0.717) is 21.5 Å². The summed E-state index contributed by atoms with van der Waals surface area (Å²) in [6, 6.07) is 24.5. The van der Waals surface area contributed by atoms with Crippen molar-refractivity contribution in [2.75, 3.05) is 0 Å². The number of hydrogen-bond acceptors (Lipinski definition) is 3. The molecule has 27 heavy (non-hydrogen) atoms. The van der Waals surface area contributed by atoms with Gasteiger partial charge in [-0.25, -0.2) is 4.39 Å². The molecular weight excluding hydrogens is 381 g/mol. The van der Waals surface area contributed by atoms with Gasteiger partial charge in [-0.2, -0.15) is 0 Å². The normalized spacial score (nSPS) is 10.9. The molecule has 0 N–H and O–H groups in total. The highest BCUT2D eigenvalue weighted by atomic mass is 35.5. The summed E-state index contributed by atoms with van der Waals surface area (Å²) in [6.45, 7) is 0. The summed E-state index contributed by atoms with van der Waals surface area (Å²) in [6.07, 6.45) is 0. The topological polar surface area (TPSA) is 30.7 Å². The lowest BCUT2D eigenvalue weighted by Crippen LogP contribution is -1.99. The predicted molar refractivity (Wildman–Crippen MR) is 108 cm³/mol. The quantitative estimate of drug-likeness (QED) is 0.387. The van der Waals surface area contributed by atoms with Crippen molar-refractivity contribution in [3.8, 4) is 17.1 Å². The molecule has 0 bridgehead atoms. The first-order valence-electron chi connectivity index (χ1n) is 8.35. The van der Waals surface area contributed by atoms with Crippen LogP contribution in [0, 0.1) is 5.82 Å². The summed E-state index contributed by atoms with van der Waals surface area (Å²) in [5, 5.41) is 9.84. The van der Waals surface area contributed by atoms with Crippen LogP contribution in [0.15, 0.2) is 84.0 Å². The molecule has 3 nitrogen and oxygen atoms in total. The van der Waals surface area contributed by atoms with E-state index in [0.717, 1.165) is 17.1 Å². The Morgan fingerprint density at radius 3 is 2.30 bits per heavy atom. The number of nitrogens with zero attached hydrogens (tertiary/aromatic N) is 3. The van der Waals surface area contributed by atoms with Crippen LogP contribution in [0.4, 0.5) is 4.39 Å². The highest BCUT2D eigenvalue weighted by molar-refractivity contribution is 7.98. The van der Waals surface area contributed by atoms with Crippen LogP contribution in [0.1, 0.15) is 5.56 Å². The van der Waals surface area contributed by atoms with Gasteiger partial charge in [-0.05, 0) is 29.8 Å². The van der Waals surface area contributed by atoms with Gasteiger partial charge in [-0.15, -0.1) is 10.2 Å². The van der Waals surface area contributed by atoms with E-state index in [1.165, 1.54) is 17.8 Å². The van der Waals surface area contributed by atoms with Crippen molar-refractivity contribution < 1.29 is 4.39 Å². The zero-order valence-corrected chi connectivity index (χ0v) is 15.8. The second-order valence-corrected chi connectivity index (χ2v) is 7.25. The zero-order valence-electron chi connectivity index (χ0n) is 14.2. The number of aromatic nitrogens is 3. The van der Waals surface area contributed by atoms with Crippen molar-refractivity contribution >= 4 is 23.4 Å². The molecule has 0 aliphatic rings. The minimum Gasteiger partial charge on any atom is -0.270 e. The molecule has 4 aromatic rings. The van der Waals surface area contributed by atoms with E-state index in [2.05, 4.69) is 10.2 Å². The van der Waals surface area contributed by atoms with Gasteiger partial charge in [-0.1, -0.05) is 78.0 Å². The molecule has 134 valence electrons. The molecule has 1 aromatic heterocycles. The highest BCUT2D eigenvalue weighted by Crippen LogP contribution is 2.30. The van der Waals surface area contributed by atoms with Crippen molar-refractivity contribution in [2.45, 2.75) is 10.9 Å². The SMILES string of the molecule is Fc1cc(Cl)ccc1CSc1nnc(-c2ccccc2)n1-c1ccccc1. The summed E-state index contributed by atoms with van der Waals surface area (Å²) in [4.78, 5) is 0. The van der Waals surface area contributed by atoms with Crippen molar-refractivity contribution in [1.29, 1.82) is 0 Å². The monoisotopic (exact) mass is 395 g/mol. The molecule has 3 aromatic carbocycles. The van der Waals surface area contributed by atoms with Crippen LogP contribution < -0.4 is 0 Å². The molecule has 0 spiro atoms. The average molecular weight is 396 g/mol. The molecule has 0 radical (unpaired) electrons. The lowest BCUT2D eigenvalue weighted by molar-refractivity contribution is 0.617. The van der Waals surface area contributed by atoms with Gasteiger partial charge in [0.2, 0.25) is 0 Å². The van der Waals surface area contributed by atoms with Gasteiger partial charge in [0, 0.05) is 22.0 Å². The van der Waals surface area contributed by atoms with Crippen molar-refractivity contribution in [2.24, 2.45) is 0 Å². The molecule has 0 atom stereocenters. The Hall–Kier alpha value is -2.63. The number of benzene rings is 3. The molecule has 0 saturated carbocycles. The van der Waals surface area contributed by atoms with Crippen LogP contribution in [-0.4, -0.2) is 14.8 Å². The number of rotatable bonds is 5. The average Bonchev–Trinajstić information content (AvgIpc) is 3.12. The Labute approximate surface area is 165 Å². The lowest BCUT2D eigenvalue weighted by atomic mass is 10.2. The maximum Gasteiger partial charge on any atom is 0.196 e. The van der Waals surface area contributed by atoms with E-state index in [1.807, 2.05) is 65.2 Å². The van der Waals surface area contributed by atoms with E-state index in [9.17, 15) is 4.39 Å². The van der Waals surface area contributed by atoms with Crippen LogP contribution in [0.5, 0.6) is 0 Å². The van der Waals surface area contributed by atoms with Gasteiger partial charge in [0.15, 0.2) is 11.0 Å². The molecule has 0 amide bonds. The Morgan fingerprint density at radius 1 is 0.889 bits per heavy atom. The summed E-state index contributed by atoms with van der Waals surface area (Å²) in [5.41, 5.74) is 2.51. The molecule has 0 fully saturated rings. The van der Waals surface area contributed by atoms with Crippen molar-refractivity contribution in [3.63, 3.8) is 0 Å². The molecule has 0 aliphatic heterocycles. The molecule has 0 unspecified atom stereocenters. The van der Waals surface area contributed by atoms with Gasteiger partial charge in [0.1, 0.15) is 5.82 Å². The maximum absolute atomic E-state index is 14.1. The fourth-order valence-electron chi connectivity index (χ4n) is 2.73. The molecule has 0 saturated heterocycles. The Morgan fingerprint density at radius 2 is 1.59 bits per heavy atom. The summed E-state index contributed by atoms with van der Waals surface area (Å²) in [7, 11) is 0. The lowest BCUT2D eigenvalue weighted by Gasteiger charge is -2.10. The van der Waals surface area contributed by atoms with Crippen molar-refractivity contribution in [1.82, 2.24) is 14.8 Å². The predicted octanol–water partition coefficient (Wildman–Crippen LogP) is 6.02. The van der Waals surface area contributed by atoms with E-state index in [-0.39, 0.29) is 5.82 Å². The van der Waals surface area contributed by atoms with Crippen LogP contribution in [-0.2, 0) is 5.75 Å². The molecule has 4 rings (SSSR count). The van der Waals surface area contributed by atoms with Crippen LogP contribution in [0.3, 0.4) is 0 Å². The van der Waals surface area contributed by atoms with Gasteiger partial charge >= 0.3 is 0 Å². The second-order valence-electron chi connectivity index (χ2n) is 5.87. The fraction of sp³-hybridized carbons (Fsp3) is 0.0476. The molecule has 0 aliphatic carbocycles. The Bertz CT molecular complexity index is 1050. The smallest absolute Gasteiger partial charge is 0.196 e. The third kappa shape index (κ3) is 3.89. The van der Waals surface area contributed by atoms with Gasteiger partial charge in [0.25, 0.3) is 0 Å². The number of hydrogen-bond donors (Lipinski definition) is 0. The maximum atomic E-state index is 14.1. The van der Waals surface area contributed by atoms with Gasteiger partial charge in [-0.3, -0.25) is 4.57 Å². The third-order valence-electron chi connectivity index (χ3n) is 4.05. The largest absolute Gasteiger partial charge is 0.270 e. The first kappa shape index (κ1) is 17.8. The van der Waals surface area contributed by atoms with Gasteiger partial charge in [0.05, 0.1) is 0 Å². The van der Waals surface area contributed by atoms with Crippen molar-refractivity contribution in [3.05, 3.63) is 95.3 Å². The highest BCUT2D eigenvalue weighted by Gasteiger charge is 2.16. The standard InChI is InChI=1S/C21H15ClFN3S/c22-17-12-11-16(19(23)13-17)14-27-21-25-24-20(15-7-3-1-4-8-15)26(21)18-9-5-2-6-10-18/h1-13H,14H2. The number of halogens is 2. The Balaban J connectivity index is 1.71. The number of para-hydroxylation sites is 1. The minimum atomic E-state index is -0.316. The summed E-state index contributed by atoms with van der Waals surface area (Å²) < 4.78 is 16.1. The second kappa shape index (κ2) is 7.94. The van der Waals surface area contributed by atoms with E-state index in [4.69, 9.17) is 11.6 Å². The molecule has 1 heterocycles. The van der Waals surface area contributed by atoms with Crippen LogP contribution in [0.2, 0.25) is 5.02 Å². The van der Waals surface area contributed by atoms with Gasteiger partial charge < -0.3 is 0 Å². The summed E-state index contributed by atoms with van der Waals surface area (Å²) >= 11 is 7.27. The Kier molecular flexibility index (Phi) is 5.23. The fourth-order valence-corrected chi connectivity index (χ4v) is 3.83. The summed E-state index contributed by atoms with van der Waals surface area (Å²) in [5.74, 6) is 0.868. The zero-order chi connectivity index (χ0) is 18.6. The van der Waals surface area contributed by atoms with E-state index in [1.54, 1.807) is 12.1 Å². The first-order chi connectivity index (χ1) is 13.2.